The maximum absolute atomic E-state index is 11.9. The van der Waals surface area contributed by atoms with Crippen molar-refractivity contribution >= 4 is 28.2 Å². The Labute approximate surface area is 139 Å². The average Bonchev–Trinajstić information content (AvgIpc) is 2.84. The Kier molecular flexibility index (Phi) is 5.87. The standard InChI is InChI=1S/C17H20N2O3S/c1-11-6-4-7-14(10-11)22-9-5-8-15(21)19-17-18-12(2)16(23-17)13(3)20/h4,6-7,10H,5,8-9H2,1-3H3,(H,18,19,21). The fourth-order valence-corrected chi connectivity index (χ4v) is 2.96. The molecule has 5 nitrogen and oxygen atoms in total. The molecular weight excluding hydrogens is 312 g/mol. The van der Waals surface area contributed by atoms with Gasteiger partial charge in [0.1, 0.15) is 5.75 Å². The number of carbonyl (C=O) groups is 2. The number of rotatable bonds is 7. The van der Waals surface area contributed by atoms with Crippen molar-refractivity contribution < 1.29 is 14.3 Å². The van der Waals surface area contributed by atoms with Crippen molar-refractivity contribution in [2.24, 2.45) is 0 Å². The van der Waals surface area contributed by atoms with Gasteiger partial charge in [0.2, 0.25) is 5.91 Å². The van der Waals surface area contributed by atoms with E-state index in [-0.39, 0.29) is 11.7 Å². The highest BCUT2D eigenvalue weighted by molar-refractivity contribution is 7.17. The Morgan fingerprint density at radius 1 is 1.30 bits per heavy atom. The largest absolute Gasteiger partial charge is 0.494 e. The van der Waals surface area contributed by atoms with Crippen LogP contribution in [0.5, 0.6) is 5.75 Å². The summed E-state index contributed by atoms with van der Waals surface area (Å²) in [4.78, 5) is 28.0. The molecule has 0 aliphatic heterocycles. The number of aromatic nitrogens is 1. The van der Waals surface area contributed by atoms with Gasteiger partial charge in [-0.3, -0.25) is 9.59 Å². The summed E-state index contributed by atoms with van der Waals surface area (Å²) < 4.78 is 5.60. The fourth-order valence-electron chi connectivity index (χ4n) is 2.09. The van der Waals surface area contributed by atoms with E-state index in [0.29, 0.717) is 35.2 Å². The highest BCUT2D eigenvalue weighted by Crippen LogP contribution is 2.23. The van der Waals surface area contributed by atoms with E-state index in [9.17, 15) is 9.59 Å². The van der Waals surface area contributed by atoms with Crippen LogP contribution < -0.4 is 10.1 Å². The van der Waals surface area contributed by atoms with Gasteiger partial charge >= 0.3 is 0 Å². The fraction of sp³-hybridized carbons (Fsp3) is 0.353. The van der Waals surface area contributed by atoms with E-state index in [2.05, 4.69) is 10.3 Å². The lowest BCUT2D eigenvalue weighted by molar-refractivity contribution is -0.116. The zero-order chi connectivity index (χ0) is 16.8. The number of thiazole rings is 1. The third-order valence-electron chi connectivity index (χ3n) is 3.17. The second kappa shape index (κ2) is 7.87. The van der Waals surface area contributed by atoms with Crippen LogP contribution >= 0.6 is 11.3 Å². The third-order valence-corrected chi connectivity index (χ3v) is 4.34. The van der Waals surface area contributed by atoms with Crippen LogP contribution in [0, 0.1) is 13.8 Å². The van der Waals surface area contributed by atoms with Crippen molar-refractivity contribution in [2.75, 3.05) is 11.9 Å². The molecule has 0 fully saturated rings. The number of anilines is 1. The summed E-state index contributed by atoms with van der Waals surface area (Å²) in [5, 5.41) is 3.20. The SMILES string of the molecule is CC(=O)c1sc(NC(=O)CCCOc2cccc(C)c2)nc1C. The first kappa shape index (κ1) is 17.1. The first-order chi connectivity index (χ1) is 11.0. The maximum Gasteiger partial charge on any atom is 0.226 e. The molecule has 0 saturated carbocycles. The zero-order valence-electron chi connectivity index (χ0n) is 13.5. The molecule has 0 radical (unpaired) electrons. The number of aryl methyl sites for hydroxylation is 2. The molecule has 2 aromatic rings. The number of carbonyl (C=O) groups excluding carboxylic acids is 2. The minimum Gasteiger partial charge on any atom is -0.494 e. The van der Waals surface area contributed by atoms with Gasteiger partial charge in [0.25, 0.3) is 0 Å². The summed E-state index contributed by atoms with van der Waals surface area (Å²) in [6.07, 6.45) is 0.962. The molecule has 6 heteroatoms. The van der Waals surface area contributed by atoms with Crippen LogP contribution in [-0.4, -0.2) is 23.3 Å². The molecule has 2 rings (SSSR count). The number of Topliss-reactive ketones (excluding diaryl/α,β-unsaturated/α-hetero) is 1. The normalized spacial score (nSPS) is 10.4. The average molecular weight is 332 g/mol. The molecule has 1 amide bonds. The summed E-state index contributed by atoms with van der Waals surface area (Å²) in [5.74, 6) is 0.654. The van der Waals surface area contributed by atoms with Gasteiger partial charge < -0.3 is 10.1 Å². The van der Waals surface area contributed by atoms with Crippen molar-refractivity contribution in [3.05, 3.63) is 40.4 Å². The van der Waals surface area contributed by atoms with E-state index in [1.54, 1.807) is 6.92 Å². The Morgan fingerprint density at radius 2 is 2.09 bits per heavy atom. The molecule has 122 valence electrons. The van der Waals surface area contributed by atoms with Crippen molar-refractivity contribution in [2.45, 2.75) is 33.6 Å². The summed E-state index contributed by atoms with van der Waals surface area (Å²) in [5.41, 5.74) is 1.79. The van der Waals surface area contributed by atoms with E-state index in [1.165, 1.54) is 18.3 Å². The van der Waals surface area contributed by atoms with Crippen molar-refractivity contribution in [1.29, 1.82) is 0 Å². The van der Waals surface area contributed by atoms with Gasteiger partial charge in [0.05, 0.1) is 17.2 Å². The Balaban J connectivity index is 1.75. The number of nitrogens with zero attached hydrogens (tertiary/aromatic N) is 1. The van der Waals surface area contributed by atoms with Crippen LogP contribution in [0.3, 0.4) is 0 Å². The van der Waals surface area contributed by atoms with Gasteiger partial charge in [0.15, 0.2) is 10.9 Å². The molecule has 0 bridgehead atoms. The lowest BCUT2D eigenvalue weighted by atomic mass is 10.2. The summed E-state index contributed by atoms with van der Waals surface area (Å²) >= 11 is 1.21. The Hall–Kier alpha value is -2.21. The van der Waals surface area contributed by atoms with Gasteiger partial charge in [-0.2, -0.15) is 0 Å². The first-order valence-electron chi connectivity index (χ1n) is 7.43. The predicted molar refractivity (Wildman–Crippen MR) is 91.4 cm³/mol. The maximum atomic E-state index is 11.9. The predicted octanol–water partition coefficient (Wildman–Crippen LogP) is 3.76. The van der Waals surface area contributed by atoms with E-state index < -0.39 is 0 Å². The molecule has 0 aliphatic carbocycles. The minimum absolute atomic E-state index is 0.0351. The van der Waals surface area contributed by atoms with Gasteiger partial charge in [-0.1, -0.05) is 23.5 Å². The molecule has 23 heavy (non-hydrogen) atoms. The quantitative estimate of drug-likeness (QED) is 0.619. The number of hydrogen-bond acceptors (Lipinski definition) is 5. The van der Waals surface area contributed by atoms with E-state index in [0.717, 1.165) is 11.3 Å². The van der Waals surface area contributed by atoms with Gasteiger partial charge in [-0.05, 0) is 38.0 Å². The van der Waals surface area contributed by atoms with Crippen LogP contribution in [0.4, 0.5) is 5.13 Å². The molecule has 0 saturated heterocycles. The van der Waals surface area contributed by atoms with Crippen molar-refractivity contribution in [1.82, 2.24) is 4.98 Å². The molecule has 0 aliphatic rings. The highest BCUT2D eigenvalue weighted by Gasteiger charge is 2.13. The molecule has 0 spiro atoms. The number of amides is 1. The number of ether oxygens (including phenoxy) is 1. The summed E-state index contributed by atoms with van der Waals surface area (Å²) in [7, 11) is 0. The van der Waals surface area contributed by atoms with E-state index in [4.69, 9.17) is 4.74 Å². The van der Waals surface area contributed by atoms with Gasteiger partial charge in [-0.25, -0.2) is 4.98 Å². The smallest absolute Gasteiger partial charge is 0.226 e. The first-order valence-corrected chi connectivity index (χ1v) is 8.25. The van der Waals surface area contributed by atoms with Crippen LogP contribution in [0.25, 0.3) is 0 Å². The van der Waals surface area contributed by atoms with Crippen LogP contribution in [-0.2, 0) is 4.79 Å². The molecule has 0 atom stereocenters. The van der Waals surface area contributed by atoms with Crippen LogP contribution in [0.2, 0.25) is 0 Å². The van der Waals surface area contributed by atoms with Crippen molar-refractivity contribution in [3.63, 3.8) is 0 Å². The van der Waals surface area contributed by atoms with E-state index >= 15 is 0 Å². The summed E-state index contributed by atoms with van der Waals surface area (Å²) in [6, 6.07) is 7.80. The van der Waals surface area contributed by atoms with E-state index in [1.807, 2.05) is 31.2 Å². The number of ketones is 1. The lowest BCUT2D eigenvalue weighted by Crippen LogP contribution is -2.12. The second-order valence-electron chi connectivity index (χ2n) is 5.31. The topological polar surface area (TPSA) is 68.3 Å². The number of benzene rings is 1. The van der Waals surface area contributed by atoms with Crippen LogP contribution in [0.1, 0.15) is 40.7 Å². The van der Waals surface area contributed by atoms with Crippen LogP contribution in [0.15, 0.2) is 24.3 Å². The third kappa shape index (κ3) is 5.17. The molecule has 1 heterocycles. The molecule has 0 unspecified atom stereocenters. The lowest BCUT2D eigenvalue weighted by Gasteiger charge is -2.06. The summed E-state index contributed by atoms with van der Waals surface area (Å²) in [6.45, 7) is 5.74. The number of nitrogens with one attached hydrogen (secondary N) is 1. The molecular formula is C17H20N2O3S. The Morgan fingerprint density at radius 3 is 2.74 bits per heavy atom. The van der Waals surface area contributed by atoms with Gasteiger partial charge in [-0.15, -0.1) is 0 Å². The zero-order valence-corrected chi connectivity index (χ0v) is 14.3. The Bertz CT molecular complexity index is 710. The van der Waals surface area contributed by atoms with Gasteiger partial charge in [0, 0.05) is 13.3 Å². The monoisotopic (exact) mass is 332 g/mol. The minimum atomic E-state index is -0.123. The van der Waals surface area contributed by atoms with Crippen molar-refractivity contribution in [3.8, 4) is 5.75 Å². The molecule has 1 N–H and O–H groups in total. The number of hydrogen-bond donors (Lipinski definition) is 1. The highest BCUT2D eigenvalue weighted by atomic mass is 32.1. The molecule has 1 aromatic heterocycles. The molecule has 1 aromatic carbocycles. The second-order valence-corrected chi connectivity index (χ2v) is 6.31.